The zero-order valence-electron chi connectivity index (χ0n) is 22.0. The smallest absolute Gasteiger partial charge is 0.306 e. The van der Waals surface area contributed by atoms with Crippen LogP contribution >= 0.6 is 0 Å². The van der Waals surface area contributed by atoms with Crippen molar-refractivity contribution in [1.29, 1.82) is 0 Å². The van der Waals surface area contributed by atoms with Gasteiger partial charge in [-0.2, -0.15) is 0 Å². The topological polar surface area (TPSA) is 140 Å². The van der Waals surface area contributed by atoms with Gasteiger partial charge in [0.15, 0.2) is 0 Å². The van der Waals surface area contributed by atoms with Gasteiger partial charge in [0.25, 0.3) is 0 Å². The first-order chi connectivity index (χ1) is 18.8. The fourth-order valence-corrected chi connectivity index (χ4v) is 2.97. The van der Waals surface area contributed by atoms with Gasteiger partial charge in [-0.3, -0.25) is 14.4 Å². The van der Waals surface area contributed by atoms with Gasteiger partial charge in [0.1, 0.15) is 12.6 Å². The van der Waals surface area contributed by atoms with Crippen molar-refractivity contribution in [1.82, 2.24) is 10.6 Å². The van der Waals surface area contributed by atoms with Gasteiger partial charge in [-0.1, -0.05) is 104 Å². The summed E-state index contributed by atoms with van der Waals surface area (Å²) in [4.78, 5) is 37.0. The molecule has 0 saturated heterocycles. The van der Waals surface area contributed by atoms with E-state index in [1.165, 1.54) is 0 Å². The van der Waals surface area contributed by atoms with Crippen LogP contribution in [0, 0.1) is 5.92 Å². The van der Waals surface area contributed by atoms with Gasteiger partial charge < -0.3 is 30.9 Å². The Morgan fingerprint density at radius 3 is 1.77 bits per heavy atom. The number of halogens is 6. The van der Waals surface area contributed by atoms with Gasteiger partial charge in [0, 0.05) is 60.2 Å². The number of esters is 1. The highest BCUT2D eigenvalue weighted by molar-refractivity contribution is 5.89. The van der Waals surface area contributed by atoms with Crippen molar-refractivity contribution in [3.8, 4) is 0 Å². The fourth-order valence-electron chi connectivity index (χ4n) is 2.97. The number of hydrogen-bond acceptors (Lipinski definition) is 7. The largest absolute Gasteiger partial charge is 0.461 e. The minimum absolute atomic E-state index is 0. The SMILES string of the molecule is C.C.C.C.C.C.C.C.CC(C)CC(NC(=O)C(N)CCC(=O)OCc1ccccc1)C(=O)NCCCOCCCO.FF.FF.FF. The number of amides is 2. The van der Waals surface area contributed by atoms with E-state index in [0.717, 1.165) is 5.56 Å². The summed E-state index contributed by atoms with van der Waals surface area (Å²) in [5, 5.41) is 14.2. The Labute approximate surface area is 283 Å². The lowest BCUT2D eigenvalue weighted by molar-refractivity contribution is -0.145. The van der Waals surface area contributed by atoms with E-state index >= 15 is 0 Å². The third kappa shape index (κ3) is 45.3. The lowest BCUT2D eigenvalue weighted by Crippen LogP contribution is -2.52. The standard InChI is InChI=1S/C24H39N3O6.8CH4.3F2/c1-18(2)16-21(24(31)26-12-6-14-32-15-7-13-28)27-23(30)20(25)10-11-22(29)33-17-19-8-4-3-5-9-19;;;;;;;;;3*1-2/h3-5,8-9,18,20-21,28H,6-7,10-17,25H2,1-2H3,(H,26,31)(H,27,30);8*1H4;;;. The van der Waals surface area contributed by atoms with Crippen LogP contribution in [0.2, 0.25) is 0 Å². The molecule has 0 aliphatic carbocycles. The van der Waals surface area contributed by atoms with Gasteiger partial charge >= 0.3 is 5.97 Å². The van der Waals surface area contributed by atoms with Gasteiger partial charge in [-0.05, 0) is 37.2 Å². The monoisotopic (exact) mass is 708 g/mol. The van der Waals surface area contributed by atoms with Crippen LogP contribution in [-0.4, -0.2) is 61.3 Å². The van der Waals surface area contributed by atoms with Crippen LogP contribution < -0.4 is 16.4 Å². The van der Waals surface area contributed by atoms with Crippen molar-refractivity contribution in [3.05, 3.63) is 35.9 Å². The van der Waals surface area contributed by atoms with Gasteiger partial charge in [0.05, 0.1) is 6.04 Å². The summed E-state index contributed by atoms with van der Waals surface area (Å²) in [5.41, 5.74) is 6.83. The molecule has 0 bridgehead atoms. The van der Waals surface area contributed by atoms with E-state index < -0.39 is 24.0 Å². The first kappa shape index (κ1) is 74.8. The summed E-state index contributed by atoms with van der Waals surface area (Å²) in [6, 6.07) is 7.69. The Hall–Kier alpha value is -2.91. The van der Waals surface area contributed by atoms with Crippen LogP contribution in [0.4, 0.5) is 27.4 Å². The van der Waals surface area contributed by atoms with Crippen LogP contribution in [0.25, 0.3) is 0 Å². The van der Waals surface area contributed by atoms with E-state index in [-0.39, 0.29) is 97.3 Å². The minimum Gasteiger partial charge on any atom is -0.461 e. The molecule has 0 heterocycles. The molecule has 0 radical (unpaired) electrons. The molecule has 0 aliphatic rings. The number of benzene rings is 1. The normalized spacial score (nSPS) is 9.34. The summed E-state index contributed by atoms with van der Waals surface area (Å²) in [5.74, 6) is -0.993. The van der Waals surface area contributed by atoms with E-state index in [2.05, 4.69) is 10.6 Å². The molecule has 47 heavy (non-hydrogen) atoms. The molecule has 5 N–H and O–H groups in total. The van der Waals surface area contributed by atoms with E-state index in [0.29, 0.717) is 39.0 Å². The highest BCUT2D eigenvalue weighted by atomic mass is 20.0. The average Bonchev–Trinajstić information content (AvgIpc) is 2.97. The van der Waals surface area contributed by atoms with Gasteiger partial charge in [-0.15, -0.1) is 0 Å². The van der Waals surface area contributed by atoms with Crippen LogP contribution in [-0.2, 0) is 30.5 Å². The Kier molecular flexibility index (Phi) is 88.3. The molecule has 2 unspecified atom stereocenters. The molecule has 1 aromatic carbocycles. The number of carbonyl (C=O) groups excluding carboxylic acids is 3. The maximum absolute atomic E-state index is 12.5. The number of aliphatic hydroxyl groups excluding tert-OH is 1. The van der Waals surface area contributed by atoms with Crippen molar-refractivity contribution in [2.75, 3.05) is 26.4 Å². The van der Waals surface area contributed by atoms with E-state index in [1.54, 1.807) is 0 Å². The second kappa shape index (κ2) is 55.5. The zero-order chi connectivity index (χ0) is 30.5. The molecule has 292 valence electrons. The third-order valence-electron chi connectivity index (χ3n) is 4.79. The zero-order valence-corrected chi connectivity index (χ0v) is 22.0. The van der Waals surface area contributed by atoms with Crippen LogP contribution in [0.5, 0.6) is 0 Å². The minimum atomic E-state index is -0.920. The first-order valence-electron chi connectivity index (χ1n) is 12.0. The highest BCUT2D eigenvalue weighted by Crippen LogP contribution is 2.07. The molecule has 1 rings (SSSR count). The predicted molar refractivity (Wildman–Crippen MR) is 185 cm³/mol. The number of ether oxygens (including phenoxy) is 2. The van der Waals surface area contributed by atoms with Gasteiger partial charge in [-0.25, -0.2) is 0 Å². The molecule has 1 aromatic rings. The molecule has 15 heteroatoms. The Bertz CT molecular complexity index is 728. The van der Waals surface area contributed by atoms with Crippen molar-refractivity contribution in [3.63, 3.8) is 0 Å². The lowest BCUT2D eigenvalue weighted by Gasteiger charge is -2.22. The molecule has 0 aromatic heterocycles. The maximum atomic E-state index is 12.5. The third-order valence-corrected chi connectivity index (χ3v) is 4.79. The molecule has 2 amide bonds. The molecule has 0 saturated carbocycles. The highest BCUT2D eigenvalue weighted by Gasteiger charge is 2.24. The number of nitrogens with two attached hydrogens (primary N) is 1. The van der Waals surface area contributed by atoms with E-state index in [1.807, 2.05) is 44.2 Å². The number of carbonyl (C=O) groups is 3. The summed E-state index contributed by atoms with van der Waals surface area (Å²) in [6.07, 6.45) is 1.82. The fraction of sp³-hybridized carbons (Fsp3) is 0.719. The number of aliphatic hydroxyl groups is 1. The maximum Gasteiger partial charge on any atom is 0.306 e. The first-order valence-corrected chi connectivity index (χ1v) is 12.0. The van der Waals surface area contributed by atoms with Crippen LogP contribution in [0.1, 0.15) is 111 Å². The van der Waals surface area contributed by atoms with Gasteiger partial charge in [0.2, 0.25) is 11.8 Å². The molecule has 2 atom stereocenters. The van der Waals surface area contributed by atoms with Crippen LogP contribution in [0.15, 0.2) is 30.3 Å². The lowest BCUT2D eigenvalue weighted by atomic mass is 10.0. The summed E-state index contributed by atoms with van der Waals surface area (Å²) in [7, 11) is 0. The Morgan fingerprint density at radius 1 is 0.809 bits per heavy atom. The summed E-state index contributed by atoms with van der Waals surface area (Å²) < 4.78 is 58.5. The second-order valence-corrected chi connectivity index (χ2v) is 8.32. The Balaban J connectivity index is -0.0000000970. The molecule has 0 spiro atoms. The number of rotatable bonds is 17. The van der Waals surface area contributed by atoms with Crippen molar-refractivity contribution >= 4 is 17.8 Å². The quantitative estimate of drug-likeness (QED) is 0.0720. The summed E-state index contributed by atoms with van der Waals surface area (Å²) >= 11 is 0. The second-order valence-electron chi connectivity index (χ2n) is 8.32. The van der Waals surface area contributed by atoms with Crippen LogP contribution in [0.3, 0.4) is 0 Å². The van der Waals surface area contributed by atoms with E-state index in [9.17, 15) is 14.4 Å². The number of hydrogen-bond donors (Lipinski definition) is 4. The van der Waals surface area contributed by atoms with Crippen molar-refractivity contribution in [2.45, 2.75) is 124 Å². The van der Waals surface area contributed by atoms with E-state index in [4.69, 9.17) is 47.8 Å². The molecular formula is C32H71F6N3O6. The van der Waals surface area contributed by atoms with Crippen molar-refractivity contribution in [2.24, 2.45) is 11.7 Å². The number of nitrogens with one attached hydrogen (secondary N) is 2. The molecule has 0 fully saturated rings. The Morgan fingerprint density at radius 2 is 1.30 bits per heavy atom. The summed E-state index contributed by atoms with van der Waals surface area (Å²) in [6.45, 7) is 5.56. The molecular weight excluding hydrogens is 636 g/mol. The van der Waals surface area contributed by atoms with Crippen molar-refractivity contribution < 1.29 is 56.4 Å². The average molecular weight is 708 g/mol. The molecule has 0 aliphatic heterocycles. The predicted octanol–water partition coefficient (Wildman–Crippen LogP) is 8.88. The molecule has 9 nitrogen and oxygen atoms in total.